The predicted molar refractivity (Wildman–Crippen MR) is 117 cm³/mol. The molecule has 0 aliphatic carbocycles. The van der Waals surface area contributed by atoms with Gasteiger partial charge in [0, 0.05) is 12.1 Å². The molecule has 4 N–H and O–H groups in total. The number of carbonyl (C=O) groups is 2. The van der Waals surface area contributed by atoms with Gasteiger partial charge in [-0.25, -0.2) is 0 Å². The highest BCUT2D eigenvalue weighted by Crippen LogP contribution is 2.31. The summed E-state index contributed by atoms with van der Waals surface area (Å²) in [5, 5.41) is 8.55. The Morgan fingerprint density at radius 1 is 1.16 bits per heavy atom. The number of anilines is 4. The average Bonchev–Trinajstić information content (AvgIpc) is 2.75. The number of carbonyl (C=O) groups excluding carboxylic acids is 2. The van der Waals surface area contributed by atoms with Crippen LogP contribution in [0.1, 0.15) is 17.9 Å². The Morgan fingerprint density at radius 3 is 2.61 bits per heavy atom. The molecule has 1 aromatic heterocycles. The van der Waals surface area contributed by atoms with E-state index in [-0.39, 0.29) is 23.8 Å². The number of aromatic nitrogens is 2. The molecule has 1 unspecified atom stereocenters. The van der Waals surface area contributed by atoms with Gasteiger partial charge in [0.05, 0.1) is 29.3 Å². The summed E-state index contributed by atoms with van der Waals surface area (Å²) >= 11 is 6.09. The van der Waals surface area contributed by atoms with Crippen LogP contribution in [0.2, 0.25) is 5.02 Å². The maximum absolute atomic E-state index is 12.9. The number of rotatable bonds is 5. The van der Waals surface area contributed by atoms with Gasteiger partial charge in [-0.3, -0.25) is 19.4 Å². The molecular weight excluding hydrogens is 422 g/mol. The molecule has 2 heterocycles. The first kappa shape index (κ1) is 20.4. The van der Waals surface area contributed by atoms with E-state index in [1.165, 1.54) is 0 Å². The van der Waals surface area contributed by atoms with Crippen molar-refractivity contribution in [2.75, 3.05) is 23.1 Å². The van der Waals surface area contributed by atoms with Crippen molar-refractivity contribution in [2.24, 2.45) is 0 Å². The SMILES string of the molecule is COc1ccc(Nc2nc3c(c(=O)[nH]2)C(C(=O)Nc2ccccc2Cl)CC(=O)N3)cc1. The number of fused-ring (bicyclic) bond motifs is 1. The highest BCUT2D eigenvalue weighted by atomic mass is 35.5. The van der Waals surface area contributed by atoms with Crippen LogP contribution in [0.5, 0.6) is 5.75 Å². The van der Waals surface area contributed by atoms with Crippen molar-refractivity contribution in [1.82, 2.24) is 9.97 Å². The van der Waals surface area contributed by atoms with E-state index < -0.39 is 23.3 Å². The summed E-state index contributed by atoms with van der Waals surface area (Å²) in [6, 6.07) is 13.7. The van der Waals surface area contributed by atoms with E-state index in [4.69, 9.17) is 16.3 Å². The fourth-order valence-electron chi connectivity index (χ4n) is 3.25. The fraction of sp³-hybridized carbons (Fsp3) is 0.143. The Balaban J connectivity index is 1.62. The molecule has 9 nitrogen and oxygen atoms in total. The van der Waals surface area contributed by atoms with Crippen LogP contribution in [0, 0.1) is 0 Å². The van der Waals surface area contributed by atoms with Crippen LogP contribution in [0.3, 0.4) is 0 Å². The molecule has 1 aliphatic rings. The second-order valence-electron chi connectivity index (χ2n) is 6.80. The third-order valence-corrected chi connectivity index (χ3v) is 5.08. The summed E-state index contributed by atoms with van der Waals surface area (Å²) in [7, 11) is 1.56. The topological polar surface area (TPSA) is 125 Å². The molecule has 0 radical (unpaired) electrons. The van der Waals surface area contributed by atoms with E-state index >= 15 is 0 Å². The van der Waals surface area contributed by atoms with Gasteiger partial charge in [0.1, 0.15) is 11.6 Å². The number of H-pyrrole nitrogens is 1. The molecule has 1 aliphatic heterocycles. The molecule has 10 heteroatoms. The number of aromatic amines is 1. The van der Waals surface area contributed by atoms with Crippen molar-refractivity contribution < 1.29 is 14.3 Å². The van der Waals surface area contributed by atoms with E-state index in [1.807, 2.05) is 0 Å². The molecule has 31 heavy (non-hydrogen) atoms. The number of methoxy groups -OCH3 is 1. The normalized spacial score (nSPS) is 14.9. The van der Waals surface area contributed by atoms with E-state index in [2.05, 4.69) is 25.9 Å². The van der Waals surface area contributed by atoms with E-state index in [0.717, 1.165) is 0 Å². The van der Waals surface area contributed by atoms with Gasteiger partial charge < -0.3 is 20.7 Å². The van der Waals surface area contributed by atoms with Crippen molar-refractivity contribution in [3.05, 3.63) is 69.5 Å². The van der Waals surface area contributed by atoms with Gasteiger partial charge in [-0.05, 0) is 36.4 Å². The van der Waals surface area contributed by atoms with Crippen molar-refractivity contribution in [3.63, 3.8) is 0 Å². The second kappa shape index (κ2) is 8.49. The largest absolute Gasteiger partial charge is 0.497 e. The Morgan fingerprint density at radius 2 is 1.90 bits per heavy atom. The molecule has 2 aromatic carbocycles. The van der Waals surface area contributed by atoms with Gasteiger partial charge in [-0.1, -0.05) is 23.7 Å². The number of hydrogen-bond donors (Lipinski definition) is 4. The quantitative estimate of drug-likeness (QED) is 0.483. The molecule has 1 atom stereocenters. The lowest BCUT2D eigenvalue weighted by Crippen LogP contribution is -2.36. The Labute approximate surface area is 181 Å². The third-order valence-electron chi connectivity index (χ3n) is 4.75. The van der Waals surface area contributed by atoms with E-state index in [1.54, 1.807) is 55.6 Å². The van der Waals surface area contributed by atoms with Gasteiger partial charge in [0.2, 0.25) is 17.8 Å². The zero-order valence-electron chi connectivity index (χ0n) is 16.4. The Hall–Kier alpha value is -3.85. The summed E-state index contributed by atoms with van der Waals surface area (Å²) in [5.41, 5.74) is 0.604. The third kappa shape index (κ3) is 4.36. The molecule has 0 saturated heterocycles. The molecule has 3 aromatic rings. The summed E-state index contributed by atoms with van der Waals surface area (Å²) in [4.78, 5) is 44.8. The molecule has 4 rings (SSSR count). The summed E-state index contributed by atoms with van der Waals surface area (Å²) in [6.45, 7) is 0. The van der Waals surface area contributed by atoms with Crippen molar-refractivity contribution in [2.45, 2.75) is 12.3 Å². The van der Waals surface area contributed by atoms with E-state index in [0.29, 0.717) is 22.1 Å². The molecule has 0 saturated carbocycles. The first-order valence-corrected chi connectivity index (χ1v) is 9.73. The number of amides is 2. The summed E-state index contributed by atoms with van der Waals surface area (Å²) in [5.74, 6) is -1.10. The number of nitrogens with one attached hydrogen (secondary N) is 4. The predicted octanol–water partition coefficient (Wildman–Crippen LogP) is 3.24. The van der Waals surface area contributed by atoms with E-state index in [9.17, 15) is 14.4 Å². The van der Waals surface area contributed by atoms with Crippen LogP contribution in [0.15, 0.2) is 53.3 Å². The van der Waals surface area contributed by atoms with Crippen LogP contribution in [-0.4, -0.2) is 28.9 Å². The lowest BCUT2D eigenvalue weighted by atomic mass is 9.92. The number of para-hydroxylation sites is 1. The van der Waals surface area contributed by atoms with Gasteiger partial charge in [-0.2, -0.15) is 4.98 Å². The first-order chi connectivity index (χ1) is 14.9. The van der Waals surface area contributed by atoms with Crippen LogP contribution < -0.4 is 26.2 Å². The second-order valence-corrected chi connectivity index (χ2v) is 7.21. The molecule has 2 amide bonds. The van der Waals surface area contributed by atoms with Crippen LogP contribution >= 0.6 is 11.6 Å². The molecule has 0 bridgehead atoms. The fourth-order valence-corrected chi connectivity index (χ4v) is 3.43. The molecular formula is C21H18ClN5O4. The van der Waals surface area contributed by atoms with Gasteiger partial charge in [-0.15, -0.1) is 0 Å². The minimum atomic E-state index is -1.01. The zero-order valence-corrected chi connectivity index (χ0v) is 17.1. The zero-order chi connectivity index (χ0) is 22.0. The Kier molecular flexibility index (Phi) is 5.59. The molecule has 0 fully saturated rings. The standard InChI is InChI=1S/C21H18ClN5O4/c1-31-12-8-6-11(7-9-12)23-21-26-18-17(20(30)27-21)13(10-16(28)25-18)19(29)24-15-5-3-2-4-14(15)22/h2-9,13H,10H2,1H3,(H,24,29)(H3,23,25,26,27,28,30). The molecule has 0 spiro atoms. The van der Waals surface area contributed by atoms with Crippen LogP contribution in [-0.2, 0) is 9.59 Å². The Bertz CT molecular complexity index is 1210. The smallest absolute Gasteiger partial charge is 0.258 e. The monoisotopic (exact) mass is 439 g/mol. The maximum Gasteiger partial charge on any atom is 0.258 e. The van der Waals surface area contributed by atoms with Gasteiger partial charge in [0.25, 0.3) is 5.56 Å². The minimum absolute atomic E-state index is 0.0373. The van der Waals surface area contributed by atoms with Crippen LogP contribution in [0.25, 0.3) is 0 Å². The number of hydrogen-bond acceptors (Lipinski definition) is 6. The molecule has 158 valence electrons. The average molecular weight is 440 g/mol. The highest BCUT2D eigenvalue weighted by Gasteiger charge is 2.35. The minimum Gasteiger partial charge on any atom is -0.497 e. The first-order valence-electron chi connectivity index (χ1n) is 9.35. The summed E-state index contributed by atoms with van der Waals surface area (Å²) in [6.07, 6.45) is -0.181. The number of nitrogens with zero attached hydrogens (tertiary/aromatic N) is 1. The van der Waals surface area contributed by atoms with Crippen molar-refractivity contribution >= 4 is 46.6 Å². The number of halogens is 1. The summed E-state index contributed by atoms with van der Waals surface area (Å²) < 4.78 is 5.11. The van der Waals surface area contributed by atoms with Crippen molar-refractivity contribution in [1.29, 1.82) is 0 Å². The highest BCUT2D eigenvalue weighted by molar-refractivity contribution is 6.33. The van der Waals surface area contributed by atoms with Gasteiger partial charge in [0.15, 0.2) is 0 Å². The number of benzene rings is 2. The number of ether oxygens (including phenoxy) is 1. The van der Waals surface area contributed by atoms with Gasteiger partial charge >= 0.3 is 0 Å². The lowest BCUT2D eigenvalue weighted by molar-refractivity contribution is -0.123. The lowest BCUT2D eigenvalue weighted by Gasteiger charge is -2.23. The van der Waals surface area contributed by atoms with Crippen LogP contribution in [0.4, 0.5) is 23.1 Å². The maximum atomic E-state index is 12.9. The van der Waals surface area contributed by atoms with Crippen molar-refractivity contribution in [3.8, 4) is 5.75 Å².